The zero-order valence-corrected chi connectivity index (χ0v) is 25.5. The standard InChI is InChI=1S/C43H28N4/c1-3-13-29(14-4-1)31-25-32(30-15-5-2-6-16-30)27-34(26-31)45-38-19-9-7-17-35(38)36-28-33(23-24-39(36)45)46-41-21-11-12-22-42(41)47-40-20-10-8-18-37(40)44-43(46)47/h1-28H. The Hall–Kier alpha value is -6.39. The van der Waals surface area contributed by atoms with Crippen molar-refractivity contribution in [3.8, 4) is 33.6 Å². The average Bonchev–Trinajstić information content (AvgIpc) is 3.79. The summed E-state index contributed by atoms with van der Waals surface area (Å²) < 4.78 is 6.99. The van der Waals surface area contributed by atoms with Gasteiger partial charge in [0.2, 0.25) is 5.78 Å². The number of imidazole rings is 2. The van der Waals surface area contributed by atoms with Crippen molar-refractivity contribution in [2.75, 3.05) is 0 Å². The van der Waals surface area contributed by atoms with Gasteiger partial charge in [-0.2, -0.15) is 0 Å². The number of benzene rings is 7. The molecule has 0 fully saturated rings. The van der Waals surface area contributed by atoms with Gasteiger partial charge in [-0.3, -0.25) is 8.97 Å². The molecule has 47 heavy (non-hydrogen) atoms. The zero-order chi connectivity index (χ0) is 30.9. The van der Waals surface area contributed by atoms with Gasteiger partial charge in [0.1, 0.15) is 0 Å². The highest BCUT2D eigenvalue weighted by Gasteiger charge is 2.19. The van der Waals surface area contributed by atoms with Crippen LogP contribution in [0.5, 0.6) is 0 Å². The van der Waals surface area contributed by atoms with Gasteiger partial charge in [0.25, 0.3) is 0 Å². The number of para-hydroxylation sites is 5. The van der Waals surface area contributed by atoms with Crippen LogP contribution in [0.4, 0.5) is 0 Å². The van der Waals surface area contributed by atoms with E-state index in [9.17, 15) is 0 Å². The first-order valence-electron chi connectivity index (χ1n) is 16.0. The van der Waals surface area contributed by atoms with Gasteiger partial charge in [-0.1, -0.05) is 103 Å². The molecule has 3 aromatic heterocycles. The molecule has 220 valence electrons. The van der Waals surface area contributed by atoms with Crippen molar-refractivity contribution >= 4 is 49.7 Å². The molecule has 0 atom stereocenters. The monoisotopic (exact) mass is 600 g/mol. The molecule has 0 saturated carbocycles. The van der Waals surface area contributed by atoms with E-state index in [2.05, 4.69) is 183 Å². The fourth-order valence-corrected chi connectivity index (χ4v) is 7.32. The Morgan fingerprint density at radius 1 is 0.340 bits per heavy atom. The van der Waals surface area contributed by atoms with Crippen LogP contribution in [0.15, 0.2) is 170 Å². The van der Waals surface area contributed by atoms with Gasteiger partial charge in [0.05, 0.1) is 33.1 Å². The average molecular weight is 601 g/mol. The molecule has 0 aliphatic heterocycles. The molecule has 4 nitrogen and oxygen atoms in total. The summed E-state index contributed by atoms with van der Waals surface area (Å²) in [7, 11) is 0. The molecule has 3 heterocycles. The molecule has 7 aromatic carbocycles. The van der Waals surface area contributed by atoms with Crippen molar-refractivity contribution in [2.24, 2.45) is 0 Å². The fraction of sp³-hybridized carbons (Fsp3) is 0. The molecule has 0 radical (unpaired) electrons. The highest BCUT2D eigenvalue weighted by molar-refractivity contribution is 6.10. The maximum absolute atomic E-state index is 5.12. The lowest BCUT2D eigenvalue weighted by atomic mass is 9.98. The molecule has 0 aliphatic carbocycles. The summed E-state index contributed by atoms with van der Waals surface area (Å²) in [5.74, 6) is 0.915. The van der Waals surface area contributed by atoms with Gasteiger partial charge >= 0.3 is 0 Å². The first-order chi connectivity index (χ1) is 23.3. The Morgan fingerprint density at radius 2 is 0.915 bits per heavy atom. The van der Waals surface area contributed by atoms with Crippen LogP contribution >= 0.6 is 0 Å². The van der Waals surface area contributed by atoms with E-state index in [-0.39, 0.29) is 0 Å². The van der Waals surface area contributed by atoms with E-state index in [1.807, 2.05) is 0 Å². The van der Waals surface area contributed by atoms with E-state index < -0.39 is 0 Å². The van der Waals surface area contributed by atoms with Gasteiger partial charge in [-0.25, -0.2) is 4.98 Å². The Balaban J connectivity index is 1.25. The van der Waals surface area contributed by atoms with Crippen molar-refractivity contribution in [2.45, 2.75) is 0 Å². The summed E-state index contributed by atoms with van der Waals surface area (Å²) in [4.78, 5) is 5.12. The Labute approximate surface area is 271 Å². The lowest BCUT2D eigenvalue weighted by Crippen LogP contribution is -1.97. The minimum absolute atomic E-state index is 0.915. The van der Waals surface area contributed by atoms with E-state index in [0.717, 1.165) is 39.2 Å². The minimum atomic E-state index is 0.915. The second kappa shape index (κ2) is 10.1. The number of hydrogen-bond acceptors (Lipinski definition) is 1. The Morgan fingerprint density at radius 3 is 1.64 bits per heavy atom. The van der Waals surface area contributed by atoms with Crippen molar-refractivity contribution in [1.82, 2.24) is 18.5 Å². The molecular weight excluding hydrogens is 573 g/mol. The van der Waals surface area contributed by atoms with Crippen LogP contribution in [0, 0.1) is 0 Å². The van der Waals surface area contributed by atoms with Gasteiger partial charge in [0, 0.05) is 22.1 Å². The predicted molar refractivity (Wildman–Crippen MR) is 195 cm³/mol. The van der Waals surface area contributed by atoms with Crippen LogP contribution in [0.25, 0.3) is 83.3 Å². The molecule has 0 unspecified atom stereocenters. The third kappa shape index (κ3) is 3.92. The first-order valence-corrected chi connectivity index (χ1v) is 16.0. The van der Waals surface area contributed by atoms with Gasteiger partial charge < -0.3 is 4.57 Å². The van der Waals surface area contributed by atoms with Crippen LogP contribution < -0.4 is 0 Å². The smallest absolute Gasteiger partial charge is 0.220 e. The summed E-state index contributed by atoms with van der Waals surface area (Å²) in [5, 5.41) is 2.42. The predicted octanol–water partition coefficient (Wildman–Crippen LogP) is 10.9. The third-order valence-electron chi connectivity index (χ3n) is 9.41. The van der Waals surface area contributed by atoms with E-state index in [1.165, 1.54) is 44.1 Å². The van der Waals surface area contributed by atoms with Crippen molar-refractivity contribution in [1.29, 1.82) is 0 Å². The van der Waals surface area contributed by atoms with Crippen molar-refractivity contribution in [3.63, 3.8) is 0 Å². The van der Waals surface area contributed by atoms with E-state index in [1.54, 1.807) is 0 Å². The highest BCUT2D eigenvalue weighted by atomic mass is 15.2. The first kappa shape index (κ1) is 25.9. The highest BCUT2D eigenvalue weighted by Crippen LogP contribution is 2.38. The Kier molecular flexibility index (Phi) is 5.54. The lowest BCUT2D eigenvalue weighted by molar-refractivity contribution is 1.11. The van der Waals surface area contributed by atoms with E-state index >= 15 is 0 Å². The maximum Gasteiger partial charge on any atom is 0.220 e. The van der Waals surface area contributed by atoms with Gasteiger partial charge in [0.15, 0.2) is 0 Å². The third-order valence-corrected chi connectivity index (χ3v) is 9.41. The Bertz CT molecular complexity index is 2720. The number of hydrogen-bond donors (Lipinski definition) is 0. The summed E-state index contributed by atoms with van der Waals surface area (Å²) in [6.07, 6.45) is 0. The molecule has 10 aromatic rings. The van der Waals surface area contributed by atoms with Gasteiger partial charge in [-0.05, 0) is 89.0 Å². The van der Waals surface area contributed by atoms with Crippen LogP contribution in [-0.2, 0) is 0 Å². The summed E-state index contributed by atoms with van der Waals surface area (Å²) in [5.41, 5.74) is 13.7. The molecule has 0 bridgehead atoms. The van der Waals surface area contributed by atoms with Crippen LogP contribution in [-0.4, -0.2) is 18.5 Å². The number of fused-ring (bicyclic) bond motifs is 8. The summed E-state index contributed by atoms with van der Waals surface area (Å²) in [6, 6.07) is 60.8. The van der Waals surface area contributed by atoms with Crippen LogP contribution in [0.2, 0.25) is 0 Å². The van der Waals surface area contributed by atoms with E-state index in [4.69, 9.17) is 4.98 Å². The van der Waals surface area contributed by atoms with Crippen LogP contribution in [0.3, 0.4) is 0 Å². The molecular formula is C43H28N4. The number of aromatic nitrogens is 4. The lowest BCUT2D eigenvalue weighted by Gasteiger charge is -2.14. The molecule has 0 N–H and O–H groups in total. The fourth-order valence-electron chi connectivity index (χ4n) is 7.32. The topological polar surface area (TPSA) is 27.2 Å². The maximum atomic E-state index is 5.12. The molecule has 0 saturated heterocycles. The number of rotatable bonds is 4. The second-order valence-electron chi connectivity index (χ2n) is 12.1. The summed E-state index contributed by atoms with van der Waals surface area (Å²) in [6.45, 7) is 0. The molecule has 0 spiro atoms. The molecule has 0 amide bonds. The summed E-state index contributed by atoms with van der Waals surface area (Å²) >= 11 is 0. The molecule has 0 aliphatic rings. The second-order valence-corrected chi connectivity index (χ2v) is 12.1. The normalized spacial score (nSPS) is 11.8. The van der Waals surface area contributed by atoms with Crippen molar-refractivity contribution < 1.29 is 0 Å². The molecule has 4 heteroatoms. The SMILES string of the molecule is c1ccc(-c2cc(-c3ccccc3)cc(-n3c4ccccc4c4cc(-n5c6ccccc6n6c7ccccc7nc56)ccc43)c2)cc1. The minimum Gasteiger partial charge on any atom is -0.309 e. The van der Waals surface area contributed by atoms with Gasteiger partial charge in [-0.15, -0.1) is 0 Å². The quantitative estimate of drug-likeness (QED) is 0.197. The van der Waals surface area contributed by atoms with Crippen LogP contribution in [0.1, 0.15) is 0 Å². The van der Waals surface area contributed by atoms with Crippen molar-refractivity contribution in [3.05, 3.63) is 170 Å². The molecule has 10 rings (SSSR count). The van der Waals surface area contributed by atoms with E-state index in [0.29, 0.717) is 0 Å². The zero-order valence-electron chi connectivity index (χ0n) is 25.5. The largest absolute Gasteiger partial charge is 0.309 e. The number of nitrogens with zero attached hydrogens (tertiary/aromatic N) is 4.